The molecule has 0 heterocycles. The van der Waals surface area contributed by atoms with Gasteiger partial charge in [-0.3, -0.25) is 0 Å². The highest BCUT2D eigenvalue weighted by molar-refractivity contribution is 6.97. The van der Waals surface area contributed by atoms with Gasteiger partial charge >= 0.3 is 0 Å². The molecule has 21 heavy (non-hydrogen) atoms. The molecule has 2 aromatic carbocycles. The average Bonchev–Trinajstić information content (AvgIpc) is 2.53. The minimum atomic E-state index is -2.21. The number of benzene rings is 2. The Labute approximate surface area is 129 Å². The zero-order chi connectivity index (χ0) is 15.1. The van der Waals surface area contributed by atoms with E-state index in [0.29, 0.717) is 6.54 Å². The Morgan fingerprint density at radius 3 is 1.76 bits per heavy atom. The van der Waals surface area contributed by atoms with Crippen molar-refractivity contribution in [2.24, 2.45) is 5.73 Å². The van der Waals surface area contributed by atoms with Gasteiger partial charge in [0.15, 0.2) is 0 Å². The van der Waals surface area contributed by atoms with Crippen LogP contribution in [0.25, 0.3) is 0 Å². The van der Waals surface area contributed by atoms with Crippen molar-refractivity contribution >= 4 is 18.7 Å². The van der Waals surface area contributed by atoms with Crippen LogP contribution in [0.1, 0.15) is 20.3 Å². The molecule has 112 valence electrons. The molecule has 0 spiro atoms. The molecule has 2 nitrogen and oxygen atoms in total. The van der Waals surface area contributed by atoms with Gasteiger partial charge in [0.05, 0.1) is 0 Å². The van der Waals surface area contributed by atoms with Crippen LogP contribution in [0, 0.1) is 0 Å². The van der Waals surface area contributed by atoms with Crippen molar-refractivity contribution in [3.63, 3.8) is 0 Å². The lowest BCUT2D eigenvalue weighted by molar-refractivity contribution is 0.238. The smallest absolute Gasteiger partial charge is 0.256 e. The van der Waals surface area contributed by atoms with E-state index in [4.69, 9.17) is 10.2 Å². The summed E-state index contributed by atoms with van der Waals surface area (Å²) in [4.78, 5) is 0. The highest BCUT2D eigenvalue weighted by atomic mass is 28.4. The Bertz CT molecular complexity index is 488. The van der Waals surface area contributed by atoms with Crippen molar-refractivity contribution in [2.75, 3.05) is 6.54 Å². The second-order valence-corrected chi connectivity index (χ2v) is 9.16. The van der Waals surface area contributed by atoms with Gasteiger partial charge in [-0.1, -0.05) is 60.7 Å². The molecule has 0 aromatic heterocycles. The van der Waals surface area contributed by atoms with E-state index in [9.17, 15) is 0 Å². The van der Waals surface area contributed by atoms with E-state index >= 15 is 0 Å². The summed E-state index contributed by atoms with van der Waals surface area (Å²) in [7, 11) is -2.21. The number of nitrogens with two attached hydrogens (primary N) is 1. The van der Waals surface area contributed by atoms with Crippen LogP contribution in [0.15, 0.2) is 60.7 Å². The van der Waals surface area contributed by atoms with E-state index in [2.05, 4.69) is 74.5 Å². The van der Waals surface area contributed by atoms with Crippen LogP contribution in [-0.2, 0) is 4.43 Å². The molecule has 0 bridgehead atoms. The second kappa shape index (κ2) is 7.55. The molecule has 0 fully saturated rings. The third kappa shape index (κ3) is 3.82. The quantitative estimate of drug-likeness (QED) is 0.797. The van der Waals surface area contributed by atoms with Gasteiger partial charge in [0, 0.05) is 6.10 Å². The van der Waals surface area contributed by atoms with Gasteiger partial charge in [0.2, 0.25) is 0 Å². The monoisotopic (exact) mass is 299 g/mol. The molecule has 0 atom stereocenters. The predicted molar refractivity (Wildman–Crippen MR) is 92.6 cm³/mol. The van der Waals surface area contributed by atoms with Crippen molar-refractivity contribution in [3.05, 3.63) is 60.7 Å². The van der Waals surface area contributed by atoms with E-state index in [1.807, 2.05) is 0 Å². The molecule has 0 saturated carbocycles. The summed E-state index contributed by atoms with van der Waals surface area (Å²) in [5.41, 5.74) is 5.79. The molecule has 0 aliphatic heterocycles. The molecule has 0 unspecified atom stereocenters. The topological polar surface area (TPSA) is 35.2 Å². The zero-order valence-electron chi connectivity index (χ0n) is 13.0. The van der Waals surface area contributed by atoms with E-state index in [1.54, 1.807) is 0 Å². The van der Waals surface area contributed by atoms with Crippen molar-refractivity contribution < 1.29 is 4.43 Å². The van der Waals surface area contributed by atoms with Crippen molar-refractivity contribution in [1.82, 2.24) is 0 Å². The lowest BCUT2D eigenvalue weighted by atomic mass is 10.4. The Hall–Kier alpha value is -1.42. The maximum Gasteiger partial charge on any atom is 0.256 e. The van der Waals surface area contributed by atoms with Crippen LogP contribution in [0.2, 0.25) is 6.04 Å². The van der Waals surface area contributed by atoms with Gasteiger partial charge in [-0.05, 0) is 43.2 Å². The normalized spacial score (nSPS) is 11.8. The summed E-state index contributed by atoms with van der Waals surface area (Å²) in [6, 6.07) is 22.4. The van der Waals surface area contributed by atoms with Crippen molar-refractivity contribution in [2.45, 2.75) is 32.4 Å². The summed E-state index contributed by atoms with van der Waals surface area (Å²) < 4.78 is 6.60. The molecule has 3 heteroatoms. The van der Waals surface area contributed by atoms with E-state index in [-0.39, 0.29) is 6.10 Å². The van der Waals surface area contributed by atoms with E-state index < -0.39 is 8.32 Å². The predicted octanol–water partition coefficient (Wildman–Crippen LogP) is 2.52. The largest absolute Gasteiger partial charge is 0.406 e. The van der Waals surface area contributed by atoms with Crippen LogP contribution >= 0.6 is 0 Å². The van der Waals surface area contributed by atoms with Gasteiger partial charge in [-0.25, -0.2) is 0 Å². The lowest BCUT2D eigenvalue weighted by Crippen LogP contribution is -2.61. The Morgan fingerprint density at radius 2 is 1.38 bits per heavy atom. The summed E-state index contributed by atoms with van der Waals surface area (Å²) >= 11 is 0. The molecule has 2 rings (SSSR count). The van der Waals surface area contributed by atoms with Crippen LogP contribution in [-0.4, -0.2) is 21.0 Å². The first kappa shape index (κ1) is 16.0. The molecule has 2 aromatic rings. The van der Waals surface area contributed by atoms with Crippen LogP contribution < -0.4 is 16.1 Å². The Morgan fingerprint density at radius 1 is 0.905 bits per heavy atom. The minimum absolute atomic E-state index is 0.204. The van der Waals surface area contributed by atoms with Gasteiger partial charge in [0.25, 0.3) is 8.32 Å². The summed E-state index contributed by atoms with van der Waals surface area (Å²) in [6.45, 7) is 4.95. The fraction of sp³-hybridized carbons (Fsp3) is 0.333. The fourth-order valence-corrected chi connectivity index (χ4v) is 7.09. The maximum atomic E-state index is 6.60. The number of hydrogen-bond donors (Lipinski definition) is 1. The summed E-state index contributed by atoms with van der Waals surface area (Å²) in [5, 5.41) is 2.66. The van der Waals surface area contributed by atoms with E-state index in [1.165, 1.54) is 10.4 Å². The Balaban J connectivity index is 2.53. The van der Waals surface area contributed by atoms with Crippen LogP contribution in [0.3, 0.4) is 0 Å². The first-order valence-electron chi connectivity index (χ1n) is 7.68. The highest BCUT2D eigenvalue weighted by Crippen LogP contribution is 2.17. The SMILES string of the molecule is CC(C)O[Si](CCCN)(c1ccccc1)c1ccccc1. The van der Waals surface area contributed by atoms with Crippen molar-refractivity contribution in [1.29, 1.82) is 0 Å². The third-order valence-corrected chi connectivity index (χ3v) is 8.11. The zero-order valence-corrected chi connectivity index (χ0v) is 14.0. The number of rotatable bonds is 7. The lowest BCUT2D eigenvalue weighted by Gasteiger charge is -2.34. The summed E-state index contributed by atoms with van der Waals surface area (Å²) in [5.74, 6) is 0. The molecule has 0 aliphatic carbocycles. The number of hydrogen-bond acceptors (Lipinski definition) is 2. The Kier molecular flexibility index (Phi) is 5.73. The molecule has 2 N–H and O–H groups in total. The highest BCUT2D eigenvalue weighted by Gasteiger charge is 2.39. The third-order valence-electron chi connectivity index (χ3n) is 3.65. The first-order valence-corrected chi connectivity index (χ1v) is 9.79. The molecule has 0 amide bonds. The molecular formula is C18H25NOSi. The van der Waals surface area contributed by atoms with Gasteiger partial charge < -0.3 is 10.2 Å². The molecule has 0 radical (unpaired) electrons. The second-order valence-electron chi connectivity index (χ2n) is 5.62. The van der Waals surface area contributed by atoms with Crippen molar-refractivity contribution in [3.8, 4) is 0 Å². The maximum absolute atomic E-state index is 6.60. The minimum Gasteiger partial charge on any atom is -0.406 e. The first-order chi connectivity index (χ1) is 10.2. The van der Waals surface area contributed by atoms with Gasteiger partial charge in [-0.2, -0.15) is 0 Å². The standard InChI is InChI=1S/C18H25NOSi/c1-16(2)20-21(15-9-14-19,17-10-5-3-6-11-17)18-12-7-4-8-13-18/h3-8,10-13,16H,9,14-15,19H2,1-2H3. The van der Waals surface area contributed by atoms with Crippen LogP contribution in [0.5, 0.6) is 0 Å². The molecule has 0 aliphatic rings. The summed E-state index contributed by atoms with van der Waals surface area (Å²) in [6.07, 6.45) is 1.19. The molecular weight excluding hydrogens is 274 g/mol. The fourth-order valence-electron chi connectivity index (χ4n) is 2.82. The molecule has 0 saturated heterocycles. The van der Waals surface area contributed by atoms with E-state index in [0.717, 1.165) is 12.5 Å². The van der Waals surface area contributed by atoms with Crippen LogP contribution in [0.4, 0.5) is 0 Å². The van der Waals surface area contributed by atoms with Gasteiger partial charge in [-0.15, -0.1) is 0 Å². The van der Waals surface area contributed by atoms with Gasteiger partial charge in [0.1, 0.15) is 0 Å². The average molecular weight is 299 g/mol.